The molecule has 0 spiro atoms. The summed E-state index contributed by atoms with van der Waals surface area (Å²) < 4.78 is 34.7. The monoisotopic (exact) mass is 567 g/mol. The van der Waals surface area contributed by atoms with Crippen LogP contribution in [0, 0.1) is 6.92 Å². The van der Waals surface area contributed by atoms with Crippen molar-refractivity contribution < 1.29 is 22.7 Å². The number of carbonyl (C=O) groups is 2. The van der Waals surface area contributed by atoms with Crippen molar-refractivity contribution in [3.8, 4) is 0 Å². The number of sulfonamides is 1. The first-order valence-corrected chi connectivity index (χ1v) is 15.5. The maximum absolute atomic E-state index is 14.0. The zero-order valence-electron chi connectivity index (χ0n) is 22.1. The smallest absolute Gasteiger partial charge is 0.243 e. The summed E-state index contributed by atoms with van der Waals surface area (Å²) in [5, 5.41) is 4.71. The van der Waals surface area contributed by atoms with Crippen LogP contribution in [0.2, 0.25) is 0 Å². The van der Waals surface area contributed by atoms with Crippen molar-refractivity contribution in [3.05, 3.63) is 81.5 Å². The molecule has 39 heavy (non-hydrogen) atoms. The fourth-order valence-electron chi connectivity index (χ4n) is 5.38. The number of carbonyl (C=O) groups excluding carboxylic acids is 2. The van der Waals surface area contributed by atoms with Crippen molar-refractivity contribution in [1.29, 1.82) is 0 Å². The molecule has 1 fully saturated rings. The molecule has 2 aromatic carbocycles. The lowest BCUT2D eigenvalue weighted by Gasteiger charge is -2.38. The number of hydrogen-bond donors (Lipinski definition) is 1. The molecule has 8 nitrogen and oxygen atoms in total. The molecule has 1 aromatic heterocycles. The minimum Gasteiger partial charge on any atom is -0.377 e. The van der Waals surface area contributed by atoms with Gasteiger partial charge in [-0.2, -0.15) is 4.31 Å². The van der Waals surface area contributed by atoms with Crippen molar-refractivity contribution in [1.82, 2.24) is 9.21 Å². The van der Waals surface area contributed by atoms with Gasteiger partial charge in [0, 0.05) is 37.2 Å². The van der Waals surface area contributed by atoms with E-state index >= 15 is 0 Å². The molecule has 2 aliphatic rings. The van der Waals surface area contributed by atoms with Crippen LogP contribution in [0.4, 0.5) is 5.69 Å². The normalized spacial score (nSPS) is 19.2. The Kier molecular flexibility index (Phi) is 8.18. The quantitative estimate of drug-likeness (QED) is 0.437. The van der Waals surface area contributed by atoms with Crippen LogP contribution >= 0.6 is 11.3 Å². The van der Waals surface area contributed by atoms with Crippen LogP contribution in [0.25, 0.3) is 0 Å². The average molecular weight is 568 g/mol. The van der Waals surface area contributed by atoms with Gasteiger partial charge in [-0.05, 0) is 78.6 Å². The summed E-state index contributed by atoms with van der Waals surface area (Å²) in [6.07, 6.45) is 2.09. The lowest BCUT2D eigenvalue weighted by Crippen LogP contribution is -2.48. The molecule has 206 valence electrons. The average Bonchev–Trinajstić information content (AvgIpc) is 3.60. The van der Waals surface area contributed by atoms with E-state index in [9.17, 15) is 18.0 Å². The molecule has 10 heteroatoms. The van der Waals surface area contributed by atoms with Crippen LogP contribution in [0.3, 0.4) is 0 Å². The minimum atomic E-state index is -4.01. The molecule has 0 aliphatic carbocycles. The first-order valence-electron chi connectivity index (χ1n) is 13.1. The molecular weight excluding hydrogens is 534 g/mol. The van der Waals surface area contributed by atoms with E-state index in [0.29, 0.717) is 18.8 Å². The summed E-state index contributed by atoms with van der Waals surface area (Å²) in [6.45, 7) is 4.36. The van der Waals surface area contributed by atoms with Gasteiger partial charge in [-0.1, -0.05) is 24.3 Å². The highest BCUT2D eigenvalue weighted by Crippen LogP contribution is 2.39. The summed E-state index contributed by atoms with van der Waals surface area (Å²) in [6, 6.07) is 15.9. The molecule has 0 bridgehead atoms. The van der Waals surface area contributed by atoms with Gasteiger partial charge in [0.15, 0.2) is 0 Å². The van der Waals surface area contributed by atoms with Gasteiger partial charge in [0.25, 0.3) is 0 Å². The molecule has 2 amide bonds. The lowest BCUT2D eigenvalue weighted by molar-refractivity contribution is -0.133. The second-order valence-corrected chi connectivity index (χ2v) is 13.0. The zero-order chi connectivity index (χ0) is 27.6. The molecule has 3 aromatic rings. The van der Waals surface area contributed by atoms with E-state index in [0.717, 1.165) is 36.0 Å². The fourth-order valence-corrected chi connectivity index (χ4v) is 7.71. The highest BCUT2D eigenvalue weighted by molar-refractivity contribution is 7.89. The highest BCUT2D eigenvalue weighted by Gasteiger charge is 2.37. The second kappa shape index (κ2) is 11.6. The molecule has 3 heterocycles. The predicted octanol–water partition coefficient (Wildman–Crippen LogP) is 4.36. The van der Waals surface area contributed by atoms with E-state index in [1.807, 2.05) is 36.1 Å². The number of nitrogens with zero attached hydrogens (tertiary/aromatic N) is 2. The van der Waals surface area contributed by atoms with E-state index in [1.165, 1.54) is 28.2 Å². The number of nitrogens with one attached hydrogen (secondary N) is 1. The van der Waals surface area contributed by atoms with Gasteiger partial charge >= 0.3 is 0 Å². The summed E-state index contributed by atoms with van der Waals surface area (Å²) in [5.74, 6) is -0.480. The molecule has 1 saturated heterocycles. The molecule has 0 radical (unpaired) electrons. The topological polar surface area (TPSA) is 96.0 Å². The number of amides is 2. The fraction of sp³-hybridized carbons (Fsp3) is 0.379. The van der Waals surface area contributed by atoms with Crippen molar-refractivity contribution >= 4 is 38.9 Å². The first-order chi connectivity index (χ1) is 18.7. The third-order valence-electron chi connectivity index (χ3n) is 7.32. The number of ether oxygens (including phenoxy) is 1. The van der Waals surface area contributed by atoms with Crippen molar-refractivity contribution in [2.75, 3.05) is 31.6 Å². The van der Waals surface area contributed by atoms with Crippen LogP contribution < -0.4 is 5.32 Å². The third kappa shape index (κ3) is 5.94. The van der Waals surface area contributed by atoms with E-state index in [1.54, 1.807) is 23.5 Å². The number of thiophene rings is 1. The Morgan fingerprint density at radius 2 is 1.87 bits per heavy atom. The molecule has 1 N–H and O–H groups in total. The van der Waals surface area contributed by atoms with Crippen LogP contribution in [0.15, 0.2) is 64.9 Å². The van der Waals surface area contributed by atoms with E-state index < -0.39 is 10.0 Å². The maximum atomic E-state index is 14.0. The number of hydrogen-bond acceptors (Lipinski definition) is 6. The van der Waals surface area contributed by atoms with Gasteiger partial charge in [-0.25, -0.2) is 8.42 Å². The standard InChI is InChI=1S/C29H33N3O5S2/c1-20-6-3-4-8-25(20)29-26-14-17-38-27(26)13-15-32(29)28(34)19-31(18-23-7-5-16-37-23)39(35,36)24-11-9-22(10-12-24)30-21(2)33/h3-4,6,8-12,14,17,23,29H,5,7,13,15-16,18-19H2,1-2H3,(H,30,33). The number of anilines is 1. The largest absolute Gasteiger partial charge is 0.377 e. The predicted molar refractivity (Wildman–Crippen MR) is 151 cm³/mol. The third-order valence-corrected chi connectivity index (χ3v) is 10.1. The van der Waals surface area contributed by atoms with E-state index in [2.05, 4.69) is 16.8 Å². The molecule has 2 atom stereocenters. The van der Waals surface area contributed by atoms with Crippen molar-refractivity contribution in [3.63, 3.8) is 0 Å². The summed E-state index contributed by atoms with van der Waals surface area (Å²) in [5.41, 5.74) is 3.75. The van der Waals surface area contributed by atoms with Crippen LogP contribution in [-0.4, -0.2) is 61.8 Å². The Morgan fingerprint density at radius 1 is 1.10 bits per heavy atom. The number of rotatable bonds is 8. The van der Waals surface area contributed by atoms with Gasteiger partial charge in [0.2, 0.25) is 21.8 Å². The highest BCUT2D eigenvalue weighted by atomic mass is 32.2. The number of benzene rings is 2. The molecule has 5 rings (SSSR count). The van der Waals surface area contributed by atoms with Crippen LogP contribution in [-0.2, 0) is 30.8 Å². The van der Waals surface area contributed by atoms with Gasteiger partial charge in [0.05, 0.1) is 23.6 Å². The van der Waals surface area contributed by atoms with Gasteiger partial charge < -0.3 is 15.0 Å². The lowest BCUT2D eigenvalue weighted by atomic mass is 9.90. The van der Waals surface area contributed by atoms with Crippen LogP contribution in [0.1, 0.15) is 47.4 Å². The van der Waals surface area contributed by atoms with E-state index in [-0.39, 0.29) is 41.9 Å². The summed E-state index contributed by atoms with van der Waals surface area (Å²) >= 11 is 1.70. The minimum absolute atomic E-state index is 0.0663. The zero-order valence-corrected chi connectivity index (χ0v) is 23.8. The Labute approximate surface area is 233 Å². The molecule has 2 unspecified atom stereocenters. The Balaban J connectivity index is 1.45. The molecule has 0 saturated carbocycles. The SMILES string of the molecule is CC(=O)Nc1ccc(S(=O)(=O)N(CC(=O)N2CCc3sccc3C2c2ccccc2C)CC2CCCO2)cc1. The Bertz CT molecular complexity index is 1450. The van der Waals surface area contributed by atoms with Crippen LogP contribution in [0.5, 0.6) is 0 Å². The summed E-state index contributed by atoms with van der Waals surface area (Å²) in [7, 11) is -4.01. The number of aryl methyl sites for hydroxylation is 1. The van der Waals surface area contributed by atoms with Crippen molar-refractivity contribution in [2.24, 2.45) is 0 Å². The van der Waals surface area contributed by atoms with Gasteiger partial charge in [-0.15, -0.1) is 11.3 Å². The van der Waals surface area contributed by atoms with Gasteiger partial charge in [0.1, 0.15) is 0 Å². The second-order valence-electron chi connectivity index (χ2n) is 10.0. The molecule has 2 aliphatic heterocycles. The Morgan fingerprint density at radius 3 is 2.56 bits per heavy atom. The first kappa shape index (κ1) is 27.5. The van der Waals surface area contributed by atoms with Gasteiger partial charge in [-0.3, -0.25) is 9.59 Å². The summed E-state index contributed by atoms with van der Waals surface area (Å²) in [4.78, 5) is 28.5. The maximum Gasteiger partial charge on any atom is 0.243 e. The van der Waals surface area contributed by atoms with Crippen molar-refractivity contribution in [2.45, 2.75) is 50.2 Å². The number of fused-ring (bicyclic) bond motifs is 1. The van der Waals surface area contributed by atoms with E-state index in [4.69, 9.17) is 4.74 Å². The molecular formula is C29H33N3O5S2. The Hall–Kier alpha value is -3.05.